The van der Waals surface area contributed by atoms with Crippen LogP contribution in [0.1, 0.15) is 33.3 Å². The Balaban J connectivity index is 1.63. The third-order valence-corrected chi connectivity index (χ3v) is 6.57. The maximum absolute atomic E-state index is 13.6. The van der Waals surface area contributed by atoms with Gasteiger partial charge in [0.2, 0.25) is 0 Å². The number of rotatable bonds is 5. The summed E-state index contributed by atoms with van der Waals surface area (Å²) in [6.45, 7) is 4.69. The lowest BCUT2D eigenvalue weighted by Crippen LogP contribution is -2.23. The van der Waals surface area contributed by atoms with Gasteiger partial charge in [0, 0.05) is 21.6 Å². The standard InChI is InChI=1S/C25H22N2O5S/c1-3-31-25(29)17-9-18(22-19(10-17)12-30-14-32-22)11-27-13-26-23-21(24(27)28)20(15(2)33-23)16-7-5-4-6-8-16/h4-10,13H,3,11-12,14H2,1-2H3. The van der Waals surface area contributed by atoms with Gasteiger partial charge in [0.1, 0.15) is 10.6 Å². The molecule has 2 aromatic heterocycles. The molecule has 1 aliphatic rings. The van der Waals surface area contributed by atoms with E-state index in [-0.39, 0.29) is 25.5 Å². The molecular weight excluding hydrogens is 440 g/mol. The van der Waals surface area contributed by atoms with Crippen molar-refractivity contribution in [3.05, 3.63) is 80.7 Å². The van der Waals surface area contributed by atoms with Gasteiger partial charge in [0.15, 0.2) is 6.79 Å². The number of carbonyl (C=O) groups is 1. The summed E-state index contributed by atoms with van der Waals surface area (Å²) in [6, 6.07) is 13.3. The molecule has 0 aliphatic carbocycles. The monoisotopic (exact) mass is 462 g/mol. The van der Waals surface area contributed by atoms with Crippen molar-refractivity contribution in [3.63, 3.8) is 0 Å². The van der Waals surface area contributed by atoms with Crippen LogP contribution in [0.25, 0.3) is 21.3 Å². The highest BCUT2D eigenvalue weighted by molar-refractivity contribution is 7.19. The van der Waals surface area contributed by atoms with Crippen LogP contribution in [0.4, 0.5) is 0 Å². The lowest BCUT2D eigenvalue weighted by Gasteiger charge is -2.22. The molecule has 0 radical (unpaired) electrons. The summed E-state index contributed by atoms with van der Waals surface area (Å²) in [5.41, 5.74) is 3.62. The Morgan fingerprint density at radius 3 is 2.85 bits per heavy atom. The van der Waals surface area contributed by atoms with Crippen LogP contribution in [0.15, 0.2) is 53.6 Å². The van der Waals surface area contributed by atoms with Crippen LogP contribution >= 0.6 is 11.3 Å². The molecule has 8 heteroatoms. The van der Waals surface area contributed by atoms with Crippen molar-refractivity contribution in [3.8, 4) is 16.9 Å². The molecule has 0 saturated carbocycles. The fourth-order valence-electron chi connectivity index (χ4n) is 4.14. The van der Waals surface area contributed by atoms with Gasteiger partial charge in [-0.3, -0.25) is 9.36 Å². The van der Waals surface area contributed by atoms with Crippen molar-refractivity contribution in [2.45, 2.75) is 27.0 Å². The first kappa shape index (κ1) is 21.4. The van der Waals surface area contributed by atoms with Gasteiger partial charge in [-0.2, -0.15) is 0 Å². The maximum atomic E-state index is 13.6. The maximum Gasteiger partial charge on any atom is 0.338 e. The van der Waals surface area contributed by atoms with E-state index in [1.165, 1.54) is 11.3 Å². The smallest absolute Gasteiger partial charge is 0.338 e. The molecular formula is C25H22N2O5S. The zero-order chi connectivity index (χ0) is 22.9. The molecule has 0 saturated heterocycles. The molecule has 0 amide bonds. The van der Waals surface area contributed by atoms with Gasteiger partial charge in [-0.1, -0.05) is 30.3 Å². The van der Waals surface area contributed by atoms with Crippen LogP contribution in [0, 0.1) is 6.92 Å². The number of hydrogen-bond acceptors (Lipinski definition) is 7. The minimum absolute atomic E-state index is 0.118. The van der Waals surface area contributed by atoms with Crippen molar-refractivity contribution in [1.29, 1.82) is 0 Å². The molecule has 4 aromatic rings. The van der Waals surface area contributed by atoms with E-state index in [9.17, 15) is 9.59 Å². The number of esters is 1. The normalized spacial score (nSPS) is 12.9. The summed E-state index contributed by atoms with van der Waals surface area (Å²) >= 11 is 1.51. The highest BCUT2D eigenvalue weighted by Crippen LogP contribution is 2.36. The summed E-state index contributed by atoms with van der Waals surface area (Å²) < 4.78 is 17.9. The van der Waals surface area contributed by atoms with E-state index in [2.05, 4.69) is 4.98 Å². The molecule has 7 nitrogen and oxygen atoms in total. The van der Waals surface area contributed by atoms with Crippen molar-refractivity contribution >= 4 is 27.5 Å². The Morgan fingerprint density at radius 1 is 1.24 bits per heavy atom. The average Bonchev–Trinajstić information content (AvgIpc) is 3.18. The van der Waals surface area contributed by atoms with Gasteiger partial charge >= 0.3 is 5.97 Å². The molecule has 168 valence electrons. The van der Waals surface area contributed by atoms with E-state index in [1.54, 1.807) is 30.0 Å². The molecule has 0 N–H and O–H groups in total. The van der Waals surface area contributed by atoms with Crippen molar-refractivity contribution in [2.75, 3.05) is 13.4 Å². The molecule has 3 heterocycles. The first-order chi connectivity index (χ1) is 16.1. The number of aryl methyl sites for hydroxylation is 1. The van der Waals surface area contributed by atoms with Crippen molar-refractivity contribution in [1.82, 2.24) is 9.55 Å². The quantitative estimate of drug-likeness (QED) is 0.406. The summed E-state index contributed by atoms with van der Waals surface area (Å²) in [6.07, 6.45) is 1.55. The van der Waals surface area contributed by atoms with E-state index in [0.717, 1.165) is 21.6 Å². The molecule has 5 rings (SSSR count). The molecule has 0 bridgehead atoms. The number of hydrogen-bond donors (Lipinski definition) is 0. The lowest BCUT2D eigenvalue weighted by atomic mass is 10.0. The van der Waals surface area contributed by atoms with Crippen LogP contribution in [-0.2, 0) is 22.6 Å². The molecule has 1 aliphatic heterocycles. The molecule has 2 aromatic carbocycles. The highest BCUT2D eigenvalue weighted by atomic mass is 32.1. The Labute approximate surface area is 194 Å². The van der Waals surface area contributed by atoms with E-state index in [4.69, 9.17) is 14.2 Å². The minimum Gasteiger partial charge on any atom is -0.467 e. The molecule has 0 spiro atoms. The lowest BCUT2D eigenvalue weighted by molar-refractivity contribution is -0.0171. The summed E-state index contributed by atoms with van der Waals surface area (Å²) in [5.74, 6) is 0.207. The van der Waals surface area contributed by atoms with Gasteiger partial charge < -0.3 is 14.2 Å². The topological polar surface area (TPSA) is 79.7 Å². The van der Waals surface area contributed by atoms with Gasteiger partial charge in [0.25, 0.3) is 5.56 Å². The minimum atomic E-state index is -0.423. The first-order valence-electron chi connectivity index (χ1n) is 10.6. The molecule has 0 atom stereocenters. The van der Waals surface area contributed by atoms with Crippen LogP contribution in [0.3, 0.4) is 0 Å². The number of thiophene rings is 1. The summed E-state index contributed by atoms with van der Waals surface area (Å²) in [5, 5.41) is 0.603. The Morgan fingerprint density at radius 2 is 2.06 bits per heavy atom. The van der Waals surface area contributed by atoms with Crippen molar-refractivity contribution in [2.24, 2.45) is 0 Å². The van der Waals surface area contributed by atoms with Gasteiger partial charge in [-0.15, -0.1) is 11.3 Å². The number of fused-ring (bicyclic) bond motifs is 2. The van der Waals surface area contributed by atoms with E-state index in [1.807, 2.05) is 37.3 Å². The van der Waals surface area contributed by atoms with Crippen LogP contribution in [0.5, 0.6) is 5.75 Å². The van der Waals surface area contributed by atoms with Gasteiger partial charge in [0.05, 0.1) is 37.0 Å². The fraction of sp³-hybridized carbons (Fsp3) is 0.240. The van der Waals surface area contributed by atoms with Crippen molar-refractivity contribution < 1.29 is 19.0 Å². The second-order valence-corrected chi connectivity index (χ2v) is 8.91. The van der Waals surface area contributed by atoms with E-state index in [0.29, 0.717) is 33.7 Å². The predicted octanol–water partition coefficient (Wildman–Crippen LogP) is 4.52. The van der Waals surface area contributed by atoms with E-state index < -0.39 is 5.97 Å². The highest BCUT2D eigenvalue weighted by Gasteiger charge is 2.22. The zero-order valence-corrected chi connectivity index (χ0v) is 19.1. The molecule has 33 heavy (non-hydrogen) atoms. The molecule has 0 fully saturated rings. The number of benzene rings is 2. The second-order valence-electron chi connectivity index (χ2n) is 7.71. The zero-order valence-electron chi connectivity index (χ0n) is 18.3. The van der Waals surface area contributed by atoms with E-state index >= 15 is 0 Å². The third-order valence-electron chi connectivity index (χ3n) is 5.56. The Kier molecular flexibility index (Phi) is 5.70. The van der Waals surface area contributed by atoms with Crippen LogP contribution in [0.2, 0.25) is 0 Å². The summed E-state index contributed by atoms with van der Waals surface area (Å²) in [4.78, 5) is 32.3. The SMILES string of the molecule is CCOC(=O)c1cc2c(c(Cn3cnc4sc(C)c(-c5ccccc5)c4c3=O)c1)OCOC2. The predicted molar refractivity (Wildman–Crippen MR) is 126 cm³/mol. The number of carbonyl (C=O) groups excluding carboxylic acids is 1. The average molecular weight is 463 g/mol. The second kappa shape index (κ2) is 8.80. The van der Waals surface area contributed by atoms with Crippen LogP contribution in [-0.4, -0.2) is 28.9 Å². The largest absolute Gasteiger partial charge is 0.467 e. The third kappa shape index (κ3) is 3.92. The number of aromatic nitrogens is 2. The molecule has 0 unspecified atom stereocenters. The Hall–Kier alpha value is -3.49. The first-order valence-corrected chi connectivity index (χ1v) is 11.5. The van der Waals surface area contributed by atoms with Crippen LogP contribution < -0.4 is 10.3 Å². The number of nitrogens with zero attached hydrogens (tertiary/aromatic N) is 2. The van der Waals surface area contributed by atoms with Gasteiger partial charge in [-0.25, -0.2) is 9.78 Å². The fourth-order valence-corrected chi connectivity index (χ4v) is 5.14. The number of ether oxygens (including phenoxy) is 3. The summed E-state index contributed by atoms with van der Waals surface area (Å²) in [7, 11) is 0. The van der Waals surface area contributed by atoms with Gasteiger partial charge in [-0.05, 0) is 31.5 Å². The Bertz CT molecular complexity index is 1410.